The quantitative estimate of drug-likeness (QED) is 0.676. The van der Waals surface area contributed by atoms with Crippen LogP contribution in [0.3, 0.4) is 0 Å². The summed E-state index contributed by atoms with van der Waals surface area (Å²) in [6.45, 7) is 0.148. The molecule has 0 spiro atoms. The molecule has 0 saturated heterocycles. The Bertz CT molecular complexity index is 375. The fraction of sp³-hybridized carbons (Fsp3) is 0.417. The van der Waals surface area contributed by atoms with Gasteiger partial charge in [0.1, 0.15) is 0 Å². The van der Waals surface area contributed by atoms with Crippen LogP contribution in [0.4, 0.5) is 0 Å². The van der Waals surface area contributed by atoms with E-state index in [0.717, 1.165) is 18.5 Å². The van der Waals surface area contributed by atoms with Crippen molar-refractivity contribution in [3.05, 3.63) is 29.6 Å². The summed E-state index contributed by atoms with van der Waals surface area (Å²) in [5.74, 6) is 6.43. The number of hydrogen-bond donors (Lipinski definition) is 1. The van der Waals surface area contributed by atoms with E-state index in [0.29, 0.717) is 6.42 Å². The molecule has 1 aromatic rings. The van der Waals surface area contributed by atoms with Crippen LogP contribution in [0.5, 0.6) is 0 Å². The second-order valence-electron chi connectivity index (χ2n) is 3.43. The predicted molar refractivity (Wildman–Crippen MR) is 54.8 cm³/mol. The fourth-order valence-corrected chi connectivity index (χ4v) is 1.80. The van der Waals surface area contributed by atoms with Crippen LogP contribution < -0.4 is 0 Å². The summed E-state index contributed by atoms with van der Waals surface area (Å²) in [7, 11) is 0. The third-order valence-corrected chi connectivity index (χ3v) is 2.47. The van der Waals surface area contributed by atoms with E-state index in [1.54, 1.807) is 0 Å². The van der Waals surface area contributed by atoms with Crippen molar-refractivity contribution in [1.29, 1.82) is 0 Å². The molecular weight excluding hydrogens is 174 g/mol. The number of fused-ring (bicyclic) bond motifs is 1. The second kappa shape index (κ2) is 4.26. The fourth-order valence-electron chi connectivity index (χ4n) is 1.80. The highest BCUT2D eigenvalue weighted by atomic mass is 16.2. The second-order valence-corrected chi connectivity index (χ2v) is 3.43. The van der Waals surface area contributed by atoms with Crippen molar-refractivity contribution < 1.29 is 5.11 Å². The van der Waals surface area contributed by atoms with Gasteiger partial charge in [-0.05, 0) is 24.5 Å². The third kappa shape index (κ3) is 1.78. The van der Waals surface area contributed by atoms with Crippen LogP contribution in [0.1, 0.15) is 30.0 Å². The molecule has 72 valence electrons. The van der Waals surface area contributed by atoms with Gasteiger partial charge in [0.05, 0.1) is 18.2 Å². The molecule has 1 unspecified atom stereocenters. The maximum absolute atomic E-state index is 8.62. The molecular formula is C12H13NO. The SMILES string of the molecule is OCCC#CC1CCc2cccnc21. The Balaban J connectivity index is 2.15. The molecule has 0 aliphatic heterocycles. The molecule has 2 heteroatoms. The first-order valence-electron chi connectivity index (χ1n) is 4.95. The molecule has 1 heterocycles. The van der Waals surface area contributed by atoms with Gasteiger partial charge in [0.2, 0.25) is 0 Å². The maximum atomic E-state index is 8.62. The summed E-state index contributed by atoms with van der Waals surface area (Å²) in [6, 6.07) is 4.10. The highest BCUT2D eigenvalue weighted by molar-refractivity contribution is 5.34. The normalized spacial score (nSPS) is 18.5. The molecule has 0 radical (unpaired) electrons. The number of aromatic nitrogens is 1. The highest BCUT2D eigenvalue weighted by Gasteiger charge is 2.21. The lowest BCUT2D eigenvalue weighted by atomic mass is 10.1. The van der Waals surface area contributed by atoms with E-state index >= 15 is 0 Å². The summed E-state index contributed by atoms with van der Waals surface area (Å²) in [5, 5.41) is 8.62. The molecule has 14 heavy (non-hydrogen) atoms. The van der Waals surface area contributed by atoms with Crippen molar-refractivity contribution in [3.8, 4) is 11.8 Å². The third-order valence-electron chi connectivity index (χ3n) is 2.47. The predicted octanol–water partition coefficient (Wildman–Crippen LogP) is 1.50. The largest absolute Gasteiger partial charge is 0.395 e. The summed E-state index contributed by atoms with van der Waals surface area (Å²) >= 11 is 0. The van der Waals surface area contributed by atoms with Gasteiger partial charge in [0.25, 0.3) is 0 Å². The van der Waals surface area contributed by atoms with E-state index in [4.69, 9.17) is 5.11 Å². The minimum absolute atomic E-state index is 0.148. The van der Waals surface area contributed by atoms with Crippen LogP contribution in [0, 0.1) is 11.8 Å². The number of pyridine rings is 1. The summed E-state index contributed by atoms with van der Waals surface area (Å²) < 4.78 is 0. The number of aliphatic hydroxyl groups excluding tert-OH is 1. The Hall–Kier alpha value is -1.33. The summed E-state index contributed by atoms with van der Waals surface area (Å²) in [5.41, 5.74) is 2.47. The smallest absolute Gasteiger partial charge is 0.0631 e. The minimum Gasteiger partial charge on any atom is -0.395 e. The van der Waals surface area contributed by atoms with E-state index in [-0.39, 0.29) is 12.5 Å². The zero-order valence-electron chi connectivity index (χ0n) is 8.03. The van der Waals surface area contributed by atoms with Gasteiger partial charge in [-0.3, -0.25) is 4.98 Å². The Labute approximate surface area is 84.0 Å². The van der Waals surface area contributed by atoms with Crippen LogP contribution in [-0.4, -0.2) is 16.7 Å². The molecule has 2 nitrogen and oxygen atoms in total. The first-order valence-corrected chi connectivity index (χ1v) is 4.95. The summed E-state index contributed by atoms with van der Waals surface area (Å²) in [6.07, 6.45) is 4.55. The molecule has 1 aromatic heterocycles. The lowest BCUT2D eigenvalue weighted by Gasteiger charge is -2.00. The Morgan fingerprint density at radius 2 is 2.50 bits per heavy atom. The molecule has 1 aliphatic rings. The molecule has 2 rings (SSSR count). The standard InChI is InChI=1S/C12H13NO/c14-9-2-1-4-10-6-7-11-5-3-8-13-12(10)11/h3,5,8,10,14H,2,6-7,9H2. The topological polar surface area (TPSA) is 33.1 Å². The molecule has 0 fully saturated rings. The number of hydrogen-bond acceptors (Lipinski definition) is 2. The molecule has 0 aromatic carbocycles. The van der Waals surface area contributed by atoms with Gasteiger partial charge in [-0.25, -0.2) is 0 Å². The van der Waals surface area contributed by atoms with Crippen molar-refractivity contribution in [1.82, 2.24) is 4.98 Å². The first-order chi connectivity index (χ1) is 6.92. The molecule has 1 N–H and O–H groups in total. The average molecular weight is 187 g/mol. The van der Waals surface area contributed by atoms with Gasteiger partial charge in [-0.15, -0.1) is 5.92 Å². The van der Waals surface area contributed by atoms with Crippen molar-refractivity contribution in [2.45, 2.75) is 25.2 Å². The van der Waals surface area contributed by atoms with E-state index in [1.165, 1.54) is 5.56 Å². The zero-order chi connectivity index (χ0) is 9.80. The summed E-state index contributed by atoms with van der Waals surface area (Å²) in [4.78, 5) is 4.35. The number of aliphatic hydroxyl groups is 1. The lowest BCUT2D eigenvalue weighted by molar-refractivity contribution is 0.305. The van der Waals surface area contributed by atoms with Gasteiger partial charge in [-0.1, -0.05) is 12.0 Å². The molecule has 1 atom stereocenters. The number of aryl methyl sites for hydroxylation is 1. The van der Waals surface area contributed by atoms with Crippen LogP contribution in [0.15, 0.2) is 18.3 Å². The van der Waals surface area contributed by atoms with Crippen LogP contribution in [-0.2, 0) is 6.42 Å². The van der Waals surface area contributed by atoms with Gasteiger partial charge in [0, 0.05) is 12.6 Å². The van der Waals surface area contributed by atoms with E-state index in [9.17, 15) is 0 Å². The monoisotopic (exact) mass is 187 g/mol. The van der Waals surface area contributed by atoms with E-state index < -0.39 is 0 Å². The van der Waals surface area contributed by atoms with Crippen molar-refractivity contribution in [3.63, 3.8) is 0 Å². The van der Waals surface area contributed by atoms with E-state index in [1.807, 2.05) is 12.3 Å². The molecule has 0 saturated carbocycles. The highest BCUT2D eigenvalue weighted by Crippen LogP contribution is 2.30. The van der Waals surface area contributed by atoms with Crippen molar-refractivity contribution >= 4 is 0 Å². The van der Waals surface area contributed by atoms with Gasteiger partial charge < -0.3 is 5.11 Å². The Morgan fingerprint density at radius 3 is 3.36 bits per heavy atom. The molecule has 0 amide bonds. The van der Waals surface area contributed by atoms with Crippen LogP contribution >= 0.6 is 0 Å². The number of rotatable bonds is 1. The Morgan fingerprint density at radius 1 is 1.57 bits per heavy atom. The van der Waals surface area contributed by atoms with E-state index in [2.05, 4.69) is 22.9 Å². The van der Waals surface area contributed by atoms with Gasteiger partial charge >= 0.3 is 0 Å². The lowest BCUT2D eigenvalue weighted by Crippen LogP contribution is -1.92. The van der Waals surface area contributed by atoms with Crippen LogP contribution in [0.25, 0.3) is 0 Å². The average Bonchev–Trinajstić information content (AvgIpc) is 2.63. The van der Waals surface area contributed by atoms with Crippen molar-refractivity contribution in [2.24, 2.45) is 0 Å². The van der Waals surface area contributed by atoms with Crippen molar-refractivity contribution in [2.75, 3.05) is 6.61 Å². The zero-order valence-corrected chi connectivity index (χ0v) is 8.03. The minimum atomic E-state index is 0.148. The molecule has 1 aliphatic carbocycles. The number of nitrogens with zero attached hydrogens (tertiary/aromatic N) is 1. The van der Waals surface area contributed by atoms with Gasteiger partial charge in [0.15, 0.2) is 0 Å². The Kier molecular flexibility index (Phi) is 2.81. The molecule has 0 bridgehead atoms. The maximum Gasteiger partial charge on any atom is 0.0631 e. The van der Waals surface area contributed by atoms with Crippen LogP contribution in [0.2, 0.25) is 0 Å². The first kappa shape index (κ1) is 9.23. The van der Waals surface area contributed by atoms with Gasteiger partial charge in [-0.2, -0.15) is 0 Å².